The lowest BCUT2D eigenvalue weighted by atomic mass is 10.2. The average Bonchev–Trinajstić information content (AvgIpc) is 2.74. The zero-order valence-electron chi connectivity index (χ0n) is 9.93. The van der Waals surface area contributed by atoms with Crippen molar-refractivity contribution in [2.75, 3.05) is 13.1 Å². The Labute approximate surface area is 102 Å². The number of benzene rings is 1. The summed E-state index contributed by atoms with van der Waals surface area (Å²) in [5.74, 6) is 1.18. The number of furan rings is 1. The Hall–Kier alpha value is -1.54. The highest BCUT2D eigenvalue weighted by Gasteiger charge is 2.15. The van der Waals surface area contributed by atoms with Gasteiger partial charge >= 0.3 is 0 Å². The number of hydrogen-bond acceptors (Lipinski definition) is 2. The Kier molecular flexibility index (Phi) is 2.97. The van der Waals surface area contributed by atoms with Gasteiger partial charge in [0.2, 0.25) is 0 Å². The first-order valence-electron chi connectivity index (χ1n) is 6.23. The summed E-state index contributed by atoms with van der Waals surface area (Å²) >= 11 is 0. The quantitative estimate of drug-likeness (QED) is 0.784. The molecule has 1 aromatic heterocycles. The van der Waals surface area contributed by atoms with Crippen LogP contribution in [0.25, 0.3) is 0 Å². The molecule has 2 aromatic rings. The van der Waals surface area contributed by atoms with Crippen molar-refractivity contribution in [1.82, 2.24) is 4.90 Å². The van der Waals surface area contributed by atoms with Gasteiger partial charge in [-0.05, 0) is 23.6 Å². The molecule has 1 aliphatic rings. The van der Waals surface area contributed by atoms with Crippen LogP contribution in [0, 0.1) is 0 Å². The maximum Gasteiger partial charge on any atom is 0.108 e. The third-order valence-corrected chi connectivity index (χ3v) is 3.44. The molecule has 0 unspecified atom stereocenters. The summed E-state index contributed by atoms with van der Waals surface area (Å²) in [5, 5.41) is 0. The Morgan fingerprint density at radius 2 is 1.82 bits per heavy atom. The number of hydrogen-bond donors (Lipinski definition) is 0. The van der Waals surface area contributed by atoms with Gasteiger partial charge in [0.05, 0.1) is 6.26 Å². The maximum atomic E-state index is 5.51. The molecule has 0 fully saturated rings. The van der Waals surface area contributed by atoms with Gasteiger partial charge in [-0.15, -0.1) is 0 Å². The molecule has 2 heterocycles. The molecule has 0 aliphatic carbocycles. The third kappa shape index (κ3) is 2.42. The summed E-state index contributed by atoms with van der Waals surface area (Å²) in [5.41, 5.74) is 2.78. The fourth-order valence-electron chi connectivity index (χ4n) is 2.46. The van der Waals surface area contributed by atoms with E-state index in [2.05, 4.69) is 41.3 Å². The molecule has 0 saturated heterocycles. The fourth-order valence-corrected chi connectivity index (χ4v) is 2.46. The van der Waals surface area contributed by atoms with Crippen LogP contribution in [0.3, 0.4) is 0 Å². The van der Waals surface area contributed by atoms with Crippen LogP contribution in [-0.2, 0) is 19.4 Å². The van der Waals surface area contributed by atoms with Crippen molar-refractivity contribution >= 4 is 0 Å². The van der Waals surface area contributed by atoms with E-state index in [0.29, 0.717) is 0 Å². The zero-order chi connectivity index (χ0) is 11.5. The van der Waals surface area contributed by atoms with Gasteiger partial charge in [-0.2, -0.15) is 0 Å². The number of nitrogens with zero attached hydrogens (tertiary/aromatic N) is 1. The highest BCUT2D eigenvalue weighted by Crippen LogP contribution is 2.18. The average molecular weight is 227 g/mol. The van der Waals surface area contributed by atoms with Crippen LogP contribution in [0.2, 0.25) is 0 Å². The molecule has 0 N–H and O–H groups in total. The second-order valence-corrected chi connectivity index (χ2v) is 4.63. The van der Waals surface area contributed by atoms with Crippen LogP contribution >= 0.6 is 0 Å². The molecule has 0 amide bonds. The van der Waals surface area contributed by atoms with Crippen molar-refractivity contribution in [3.8, 4) is 0 Å². The summed E-state index contributed by atoms with van der Waals surface area (Å²) in [4.78, 5) is 2.50. The predicted molar refractivity (Wildman–Crippen MR) is 67.8 cm³/mol. The van der Waals surface area contributed by atoms with Gasteiger partial charge in [-0.1, -0.05) is 30.3 Å². The minimum atomic E-state index is 1.04. The zero-order valence-corrected chi connectivity index (χ0v) is 9.93. The van der Waals surface area contributed by atoms with Gasteiger partial charge in [0, 0.05) is 26.1 Å². The normalized spacial score (nSPS) is 16.5. The van der Waals surface area contributed by atoms with E-state index < -0.39 is 0 Å². The molecule has 1 aliphatic heterocycles. The molecular weight excluding hydrogens is 210 g/mol. The van der Waals surface area contributed by atoms with Crippen LogP contribution in [0.15, 0.2) is 47.1 Å². The van der Waals surface area contributed by atoms with Crippen LogP contribution < -0.4 is 0 Å². The molecule has 2 nitrogen and oxygen atoms in total. The summed E-state index contributed by atoms with van der Waals surface area (Å²) in [6.07, 6.45) is 3.96. The van der Waals surface area contributed by atoms with E-state index in [9.17, 15) is 0 Å². The molecule has 3 rings (SSSR count). The van der Waals surface area contributed by atoms with Crippen molar-refractivity contribution in [2.45, 2.75) is 19.4 Å². The molecular formula is C15H17NO. The lowest BCUT2D eigenvalue weighted by Gasteiger charge is -2.19. The number of rotatable bonds is 2. The van der Waals surface area contributed by atoms with E-state index in [4.69, 9.17) is 4.42 Å². The minimum absolute atomic E-state index is 1.04. The van der Waals surface area contributed by atoms with E-state index in [1.165, 1.54) is 16.9 Å². The maximum absolute atomic E-state index is 5.51. The van der Waals surface area contributed by atoms with E-state index in [0.717, 1.165) is 32.5 Å². The second kappa shape index (κ2) is 4.76. The highest BCUT2D eigenvalue weighted by molar-refractivity contribution is 5.20. The molecule has 0 atom stereocenters. The van der Waals surface area contributed by atoms with Crippen LogP contribution in [-0.4, -0.2) is 18.0 Å². The standard InChI is InChI=1S/C15H17NO/c1-2-4-13(5-3-1)12-16-9-6-14-8-11-17-15(14)7-10-16/h1-5,8,11H,6-7,9-10,12H2. The molecule has 17 heavy (non-hydrogen) atoms. The smallest absolute Gasteiger partial charge is 0.108 e. The van der Waals surface area contributed by atoms with Crippen LogP contribution in [0.1, 0.15) is 16.9 Å². The Morgan fingerprint density at radius 3 is 2.71 bits per heavy atom. The Morgan fingerprint density at radius 1 is 1.00 bits per heavy atom. The van der Waals surface area contributed by atoms with Gasteiger partial charge in [-0.3, -0.25) is 4.90 Å². The summed E-state index contributed by atoms with van der Waals surface area (Å²) in [7, 11) is 0. The van der Waals surface area contributed by atoms with E-state index in [-0.39, 0.29) is 0 Å². The largest absolute Gasteiger partial charge is 0.469 e. The first-order valence-corrected chi connectivity index (χ1v) is 6.23. The van der Waals surface area contributed by atoms with Gasteiger partial charge in [0.25, 0.3) is 0 Å². The topological polar surface area (TPSA) is 16.4 Å². The lowest BCUT2D eigenvalue weighted by Crippen LogP contribution is -2.25. The highest BCUT2D eigenvalue weighted by atomic mass is 16.3. The molecule has 2 heteroatoms. The van der Waals surface area contributed by atoms with Crippen molar-refractivity contribution in [1.29, 1.82) is 0 Å². The fraction of sp³-hybridized carbons (Fsp3) is 0.333. The number of fused-ring (bicyclic) bond motifs is 1. The van der Waals surface area contributed by atoms with Crippen molar-refractivity contribution in [2.24, 2.45) is 0 Å². The summed E-state index contributed by atoms with van der Waals surface area (Å²) in [6.45, 7) is 3.27. The Balaban J connectivity index is 1.66. The van der Waals surface area contributed by atoms with E-state index in [1.54, 1.807) is 0 Å². The van der Waals surface area contributed by atoms with Gasteiger partial charge in [0.15, 0.2) is 0 Å². The first-order chi connectivity index (χ1) is 8.42. The van der Waals surface area contributed by atoms with Crippen molar-refractivity contribution in [3.63, 3.8) is 0 Å². The Bertz CT molecular complexity index is 452. The van der Waals surface area contributed by atoms with Crippen molar-refractivity contribution in [3.05, 3.63) is 59.5 Å². The molecule has 1 aromatic carbocycles. The minimum Gasteiger partial charge on any atom is -0.469 e. The molecule has 0 bridgehead atoms. The van der Waals surface area contributed by atoms with Crippen LogP contribution in [0.4, 0.5) is 0 Å². The SMILES string of the molecule is c1ccc(CN2CCc3ccoc3CC2)cc1. The van der Waals surface area contributed by atoms with Gasteiger partial charge in [0.1, 0.15) is 5.76 Å². The molecule has 0 spiro atoms. The first kappa shape index (κ1) is 10.6. The van der Waals surface area contributed by atoms with Gasteiger partial charge in [-0.25, -0.2) is 0 Å². The monoisotopic (exact) mass is 227 g/mol. The van der Waals surface area contributed by atoms with Crippen LogP contribution in [0.5, 0.6) is 0 Å². The van der Waals surface area contributed by atoms with Crippen molar-refractivity contribution < 1.29 is 4.42 Å². The molecule has 88 valence electrons. The second-order valence-electron chi connectivity index (χ2n) is 4.63. The summed E-state index contributed by atoms with van der Waals surface area (Å²) in [6, 6.07) is 12.8. The molecule has 0 saturated carbocycles. The van der Waals surface area contributed by atoms with E-state index in [1.807, 2.05) is 6.26 Å². The third-order valence-electron chi connectivity index (χ3n) is 3.44. The van der Waals surface area contributed by atoms with E-state index >= 15 is 0 Å². The molecule has 0 radical (unpaired) electrons. The lowest BCUT2D eigenvalue weighted by molar-refractivity contribution is 0.275. The summed E-state index contributed by atoms with van der Waals surface area (Å²) < 4.78 is 5.51. The predicted octanol–water partition coefficient (Wildman–Crippen LogP) is 2.88. The van der Waals surface area contributed by atoms with Gasteiger partial charge < -0.3 is 4.42 Å².